The van der Waals surface area contributed by atoms with Crippen molar-refractivity contribution in [3.8, 4) is 5.75 Å². The minimum absolute atomic E-state index is 0.0427. The van der Waals surface area contributed by atoms with Crippen LogP contribution in [-0.2, 0) is 4.79 Å². The monoisotopic (exact) mass is 360 g/mol. The fraction of sp³-hybridized carbons (Fsp3) is 0.600. The van der Waals surface area contributed by atoms with Crippen LogP contribution in [0, 0.1) is 0 Å². The summed E-state index contributed by atoms with van der Waals surface area (Å²) in [6.45, 7) is 1.42. The van der Waals surface area contributed by atoms with Crippen molar-refractivity contribution in [2.45, 2.75) is 50.7 Å². The van der Waals surface area contributed by atoms with Crippen molar-refractivity contribution in [3.05, 3.63) is 29.8 Å². The molecule has 1 saturated heterocycles. The number of likely N-dealkylation sites (N-methyl/N-ethyl adjacent to an activating group) is 1. The highest BCUT2D eigenvalue weighted by molar-refractivity contribution is 5.94. The van der Waals surface area contributed by atoms with Gasteiger partial charge in [-0.2, -0.15) is 0 Å². The van der Waals surface area contributed by atoms with E-state index < -0.39 is 5.97 Å². The van der Waals surface area contributed by atoms with Gasteiger partial charge in [0.05, 0.1) is 12.6 Å². The summed E-state index contributed by atoms with van der Waals surface area (Å²) in [6, 6.07) is 7.66. The zero-order chi connectivity index (χ0) is 18.5. The Morgan fingerprint density at radius 3 is 2.46 bits per heavy atom. The predicted octanol–water partition coefficient (Wildman–Crippen LogP) is 2.63. The number of hydrogen-bond acceptors (Lipinski definition) is 4. The van der Waals surface area contributed by atoms with Crippen LogP contribution in [0.2, 0.25) is 0 Å². The van der Waals surface area contributed by atoms with Crippen LogP contribution in [0.15, 0.2) is 24.3 Å². The highest BCUT2D eigenvalue weighted by Crippen LogP contribution is 2.25. The SMILES string of the molecule is CN(CC(=O)O)C1CCCN(C(=O)c2ccc(OC3CCC3)cc2)CC1. The van der Waals surface area contributed by atoms with Crippen molar-refractivity contribution in [2.75, 3.05) is 26.7 Å². The molecule has 26 heavy (non-hydrogen) atoms. The summed E-state index contributed by atoms with van der Waals surface area (Å²) in [7, 11) is 1.84. The van der Waals surface area contributed by atoms with Gasteiger partial charge < -0.3 is 14.7 Å². The Bertz CT molecular complexity index is 627. The quantitative estimate of drug-likeness (QED) is 0.844. The lowest BCUT2D eigenvalue weighted by atomic mass is 9.96. The van der Waals surface area contributed by atoms with Crippen molar-refractivity contribution in [1.82, 2.24) is 9.80 Å². The summed E-state index contributed by atoms with van der Waals surface area (Å²) in [5, 5.41) is 8.95. The fourth-order valence-corrected chi connectivity index (χ4v) is 3.60. The van der Waals surface area contributed by atoms with Crippen molar-refractivity contribution in [3.63, 3.8) is 0 Å². The molecule has 0 bridgehead atoms. The molecule has 1 amide bonds. The van der Waals surface area contributed by atoms with Crippen molar-refractivity contribution < 1.29 is 19.4 Å². The summed E-state index contributed by atoms with van der Waals surface area (Å²) < 4.78 is 5.84. The molecule has 1 aliphatic carbocycles. The van der Waals surface area contributed by atoms with Crippen LogP contribution in [0.1, 0.15) is 48.9 Å². The largest absolute Gasteiger partial charge is 0.490 e. The van der Waals surface area contributed by atoms with Crippen LogP contribution in [0.3, 0.4) is 0 Å². The number of aliphatic carboxylic acids is 1. The second-order valence-corrected chi connectivity index (χ2v) is 7.38. The zero-order valence-corrected chi connectivity index (χ0v) is 15.4. The van der Waals surface area contributed by atoms with Crippen LogP contribution >= 0.6 is 0 Å². The van der Waals surface area contributed by atoms with Gasteiger partial charge in [-0.3, -0.25) is 14.5 Å². The van der Waals surface area contributed by atoms with Crippen molar-refractivity contribution in [1.29, 1.82) is 0 Å². The van der Waals surface area contributed by atoms with E-state index >= 15 is 0 Å². The van der Waals surface area contributed by atoms with Crippen LogP contribution < -0.4 is 4.74 Å². The average molecular weight is 360 g/mol. The molecule has 0 aromatic heterocycles. The van der Waals surface area contributed by atoms with Gasteiger partial charge in [-0.15, -0.1) is 0 Å². The zero-order valence-electron chi connectivity index (χ0n) is 15.4. The Labute approximate surface area is 154 Å². The second-order valence-electron chi connectivity index (χ2n) is 7.38. The van der Waals surface area contributed by atoms with Gasteiger partial charge in [0, 0.05) is 24.7 Å². The maximum Gasteiger partial charge on any atom is 0.317 e. The van der Waals surface area contributed by atoms with Gasteiger partial charge in [0.25, 0.3) is 5.91 Å². The number of carbonyl (C=O) groups excluding carboxylic acids is 1. The van der Waals surface area contributed by atoms with Crippen molar-refractivity contribution >= 4 is 11.9 Å². The van der Waals surface area contributed by atoms with Crippen molar-refractivity contribution in [2.24, 2.45) is 0 Å². The molecule has 1 heterocycles. The van der Waals surface area contributed by atoms with Gasteiger partial charge in [-0.1, -0.05) is 0 Å². The normalized spacial score (nSPS) is 21.2. The van der Waals surface area contributed by atoms with Gasteiger partial charge in [0.15, 0.2) is 0 Å². The second kappa shape index (κ2) is 8.54. The summed E-state index contributed by atoms with van der Waals surface area (Å²) >= 11 is 0. The topological polar surface area (TPSA) is 70.1 Å². The standard InChI is InChI=1S/C20H28N2O4/c1-21(14-19(23)24)16-4-3-12-22(13-11-16)20(25)15-7-9-18(10-8-15)26-17-5-2-6-17/h7-10,16-17H,2-6,11-14H2,1H3,(H,23,24). The first-order valence-corrected chi connectivity index (χ1v) is 9.51. The van der Waals surface area contributed by atoms with E-state index in [1.807, 2.05) is 41.1 Å². The third-order valence-corrected chi connectivity index (χ3v) is 5.45. The van der Waals surface area contributed by atoms with Crippen LogP contribution in [-0.4, -0.2) is 65.6 Å². The number of rotatable bonds is 6. The third-order valence-electron chi connectivity index (χ3n) is 5.45. The fourth-order valence-electron chi connectivity index (χ4n) is 3.60. The van der Waals surface area contributed by atoms with E-state index in [0.717, 1.165) is 44.4 Å². The smallest absolute Gasteiger partial charge is 0.317 e. The molecule has 1 unspecified atom stereocenters. The molecule has 1 aromatic carbocycles. The molecule has 3 rings (SSSR count). The molecule has 1 aromatic rings. The highest BCUT2D eigenvalue weighted by Gasteiger charge is 2.25. The number of carboxylic acids is 1. The number of carboxylic acid groups (broad SMARTS) is 1. The van der Waals surface area contributed by atoms with Crippen LogP contribution in [0.25, 0.3) is 0 Å². The first-order valence-electron chi connectivity index (χ1n) is 9.51. The van der Waals surface area contributed by atoms with E-state index in [4.69, 9.17) is 9.84 Å². The molecule has 2 fully saturated rings. The first-order chi connectivity index (χ1) is 12.5. The van der Waals surface area contributed by atoms with Gasteiger partial charge in [0.2, 0.25) is 0 Å². The summed E-state index contributed by atoms with van der Waals surface area (Å²) in [6.07, 6.45) is 6.42. The molecule has 0 radical (unpaired) electrons. The Morgan fingerprint density at radius 1 is 1.12 bits per heavy atom. The van der Waals surface area contributed by atoms with E-state index in [0.29, 0.717) is 18.2 Å². The highest BCUT2D eigenvalue weighted by atomic mass is 16.5. The molecule has 1 saturated carbocycles. The van der Waals surface area contributed by atoms with E-state index in [2.05, 4.69) is 0 Å². The summed E-state index contributed by atoms with van der Waals surface area (Å²) in [5.41, 5.74) is 0.684. The molecular weight excluding hydrogens is 332 g/mol. The van der Waals surface area contributed by atoms with Gasteiger partial charge >= 0.3 is 5.97 Å². The number of likely N-dealkylation sites (tertiary alicyclic amines) is 1. The van der Waals surface area contributed by atoms with Gasteiger partial charge in [-0.25, -0.2) is 0 Å². The number of ether oxygens (including phenoxy) is 1. The molecule has 2 aliphatic rings. The van der Waals surface area contributed by atoms with Crippen LogP contribution in [0.4, 0.5) is 0 Å². The lowest BCUT2D eigenvalue weighted by molar-refractivity contribution is -0.138. The van der Waals surface area contributed by atoms with E-state index in [-0.39, 0.29) is 18.5 Å². The Morgan fingerprint density at radius 2 is 1.85 bits per heavy atom. The van der Waals surface area contributed by atoms with Gasteiger partial charge in [-0.05, 0) is 69.8 Å². The van der Waals surface area contributed by atoms with Gasteiger partial charge in [0.1, 0.15) is 5.75 Å². The molecule has 6 heteroatoms. The minimum Gasteiger partial charge on any atom is -0.490 e. The predicted molar refractivity (Wildman–Crippen MR) is 98.5 cm³/mol. The number of amides is 1. The van der Waals surface area contributed by atoms with E-state index in [1.54, 1.807) is 0 Å². The molecule has 0 spiro atoms. The average Bonchev–Trinajstić information content (AvgIpc) is 2.84. The molecule has 1 N–H and O–H groups in total. The molecule has 6 nitrogen and oxygen atoms in total. The lowest BCUT2D eigenvalue weighted by Gasteiger charge is -2.26. The maximum atomic E-state index is 12.8. The Balaban J connectivity index is 1.54. The lowest BCUT2D eigenvalue weighted by Crippen LogP contribution is -2.37. The Hall–Kier alpha value is -2.08. The Kier molecular flexibility index (Phi) is 6.14. The minimum atomic E-state index is -0.811. The first kappa shape index (κ1) is 18.7. The summed E-state index contributed by atoms with van der Waals surface area (Å²) in [4.78, 5) is 27.4. The summed E-state index contributed by atoms with van der Waals surface area (Å²) in [5.74, 6) is 0.0631. The number of nitrogens with zero attached hydrogens (tertiary/aromatic N) is 2. The number of hydrogen-bond donors (Lipinski definition) is 1. The number of carbonyl (C=O) groups is 2. The molecule has 1 aliphatic heterocycles. The molecular formula is C20H28N2O4. The van der Waals surface area contributed by atoms with E-state index in [1.165, 1.54) is 6.42 Å². The molecule has 1 atom stereocenters. The molecule has 142 valence electrons. The van der Waals surface area contributed by atoms with Crippen LogP contribution in [0.5, 0.6) is 5.75 Å². The number of benzene rings is 1. The third kappa shape index (κ3) is 4.75. The van der Waals surface area contributed by atoms with E-state index in [9.17, 15) is 9.59 Å². The maximum absolute atomic E-state index is 12.8.